The number of para-hydroxylation sites is 1. The Labute approximate surface area is 171 Å². The molecular weight excluding hydrogens is 392 g/mol. The minimum atomic E-state index is -0.659. The highest BCUT2D eigenvalue weighted by molar-refractivity contribution is 5.96. The van der Waals surface area contributed by atoms with Crippen LogP contribution in [0.2, 0.25) is 0 Å². The fourth-order valence-electron chi connectivity index (χ4n) is 2.56. The maximum atomic E-state index is 12.2. The number of nitro groups is 1. The van der Waals surface area contributed by atoms with E-state index in [1.165, 1.54) is 7.11 Å². The van der Waals surface area contributed by atoms with Crippen molar-refractivity contribution in [2.75, 3.05) is 19.0 Å². The first-order valence-electron chi connectivity index (χ1n) is 8.88. The van der Waals surface area contributed by atoms with Crippen LogP contribution in [0.4, 0.5) is 17.2 Å². The monoisotopic (exact) mass is 410 g/mol. The molecule has 3 rings (SSSR count). The van der Waals surface area contributed by atoms with Crippen molar-refractivity contribution >= 4 is 23.2 Å². The summed E-state index contributed by atoms with van der Waals surface area (Å²) in [5.74, 6) is -0.00787. The van der Waals surface area contributed by atoms with Crippen LogP contribution in [-0.4, -0.2) is 34.6 Å². The molecule has 1 aromatic heterocycles. The number of hydrogen-bond acceptors (Lipinski definition) is 9. The van der Waals surface area contributed by atoms with E-state index in [1.807, 2.05) is 0 Å². The number of hydrogen-bond donors (Lipinski definition) is 1. The van der Waals surface area contributed by atoms with Gasteiger partial charge in [-0.1, -0.05) is 12.1 Å². The summed E-state index contributed by atoms with van der Waals surface area (Å²) in [5.41, 5.74) is 0.0324. The number of aromatic nitrogens is 2. The normalized spacial score (nSPS) is 10.2. The number of ether oxygens (including phenoxy) is 3. The van der Waals surface area contributed by atoms with E-state index in [0.29, 0.717) is 17.2 Å². The van der Waals surface area contributed by atoms with Gasteiger partial charge in [-0.05, 0) is 43.3 Å². The zero-order valence-corrected chi connectivity index (χ0v) is 16.2. The summed E-state index contributed by atoms with van der Waals surface area (Å²) in [7, 11) is 1.53. The van der Waals surface area contributed by atoms with Gasteiger partial charge in [0.05, 0.1) is 29.9 Å². The summed E-state index contributed by atoms with van der Waals surface area (Å²) < 4.78 is 15.7. The predicted octanol–water partition coefficient (Wildman–Crippen LogP) is 4.11. The molecule has 0 unspecified atom stereocenters. The van der Waals surface area contributed by atoms with Gasteiger partial charge in [0, 0.05) is 0 Å². The molecule has 0 aliphatic heterocycles. The Hall–Kier alpha value is -4.21. The lowest BCUT2D eigenvalue weighted by Gasteiger charge is -2.12. The average Bonchev–Trinajstić information content (AvgIpc) is 2.75. The van der Waals surface area contributed by atoms with Gasteiger partial charge in [-0.15, -0.1) is 0 Å². The number of rotatable bonds is 8. The smallest absolute Gasteiger partial charge is 0.373 e. The van der Waals surface area contributed by atoms with E-state index in [-0.39, 0.29) is 23.9 Å². The molecule has 0 saturated carbocycles. The standard InChI is InChI=1S/C20H18N4O6/c1-3-29-20(25)15-6-4-5-7-16(15)23-18-17(24(26)27)19(22-12-21-18)30-14-10-8-13(28-2)9-11-14/h4-12H,3H2,1-2H3,(H,21,22,23). The first-order valence-corrected chi connectivity index (χ1v) is 8.88. The first kappa shape index (κ1) is 20.5. The molecule has 0 spiro atoms. The van der Waals surface area contributed by atoms with E-state index >= 15 is 0 Å². The van der Waals surface area contributed by atoms with Crippen molar-refractivity contribution in [2.24, 2.45) is 0 Å². The van der Waals surface area contributed by atoms with Gasteiger partial charge in [0.2, 0.25) is 5.82 Å². The number of esters is 1. The van der Waals surface area contributed by atoms with Crippen LogP contribution in [0.1, 0.15) is 17.3 Å². The molecule has 2 aromatic carbocycles. The highest BCUT2D eigenvalue weighted by Crippen LogP contribution is 2.36. The van der Waals surface area contributed by atoms with Crippen LogP contribution in [0.15, 0.2) is 54.9 Å². The molecule has 3 aromatic rings. The molecule has 1 heterocycles. The van der Waals surface area contributed by atoms with Gasteiger partial charge >= 0.3 is 17.5 Å². The second-order valence-electron chi connectivity index (χ2n) is 5.80. The zero-order chi connectivity index (χ0) is 21.5. The number of carbonyl (C=O) groups excluding carboxylic acids is 1. The molecule has 0 radical (unpaired) electrons. The lowest BCUT2D eigenvalue weighted by Crippen LogP contribution is -2.09. The third kappa shape index (κ3) is 4.61. The highest BCUT2D eigenvalue weighted by atomic mass is 16.6. The number of carbonyl (C=O) groups is 1. The maximum Gasteiger partial charge on any atom is 0.373 e. The molecule has 0 atom stereocenters. The highest BCUT2D eigenvalue weighted by Gasteiger charge is 2.26. The number of methoxy groups -OCH3 is 1. The summed E-state index contributed by atoms with van der Waals surface area (Å²) in [6.07, 6.45) is 1.13. The van der Waals surface area contributed by atoms with Crippen LogP contribution in [0.5, 0.6) is 17.4 Å². The molecule has 1 N–H and O–H groups in total. The molecule has 0 fully saturated rings. The van der Waals surface area contributed by atoms with Gasteiger partial charge < -0.3 is 19.5 Å². The van der Waals surface area contributed by atoms with E-state index in [4.69, 9.17) is 14.2 Å². The largest absolute Gasteiger partial charge is 0.497 e. The van der Waals surface area contributed by atoms with Crippen LogP contribution in [0.3, 0.4) is 0 Å². The first-order chi connectivity index (χ1) is 14.5. The topological polar surface area (TPSA) is 126 Å². The van der Waals surface area contributed by atoms with E-state index in [0.717, 1.165) is 6.33 Å². The second-order valence-corrected chi connectivity index (χ2v) is 5.80. The van der Waals surface area contributed by atoms with Gasteiger partial charge in [-0.3, -0.25) is 10.1 Å². The number of anilines is 2. The van der Waals surface area contributed by atoms with Gasteiger partial charge in [0.25, 0.3) is 0 Å². The van der Waals surface area contributed by atoms with Gasteiger partial charge in [-0.25, -0.2) is 9.78 Å². The van der Waals surface area contributed by atoms with E-state index in [9.17, 15) is 14.9 Å². The van der Waals surface area contributed by atoms with Crippen molar-refractivity contribution in [3.05, 3.63) is 70.5 Å². The fraction of sp³-hybridized carbons (Fsp3) is 0.150. The summed E-state index contributed by atoms with van der Waals surface area (Å²) in [5, 5.41) is 14.6. The van der Waals surface area contributed by atoms with Crippen molar-refractivity contribution in [3.63, 3.8) is 0 Å². The number of benzene rings is 2. The molecular formula is C20H18N4O6. The summed E-state index contributed by atoms with van der Waals surface area (Å²) >= 11 is 0. The van der Waals surface area contributed by atoms with Crippen LogP contribution >= 0.6 is 0 Å². The minimum absolute atomic E-state index is 0.129. The van der Waals surface area contributed by atoms with Gasteiger partial charge in [0.1, 0.15) is 17.8 Å². The lowest BCUT2D eigenvalue weighted by atomic mass is 10.2. The molecule has 0 saturated heterocycles. The average molecular weight is 410 g/mol. The Morgan fingerprint density at radius 1 is 1.10 bits per heavy atom. The van der Waals surface area contributed by atoms with Crippen LogP contribution in [0.25, 0.3) is 0 Å². The summed E-state index contributed by atoms with van der Waals surface area (Å²) in [6.45, 7) is 1.88. The SMILES string of the molecule is CCOC(=O)c1ccccc1Nc1ncnc(Oc2ccc(OC)cc2)c1[N+](=O)[O-]. The lowest BCUT2D eigenvalue weighted by molar-refractivity contribution is -0.385. The Balaban J connectivity index is 1.96. The molecule has 10 heteroatoms. The molecule has 30 heavy (non-hydrogen) atoms. The van der Waals surface area contributed by atoms with Crippen LogP contribution < -0.4 is 14.8 Å². The molecule has 0 amide bonds. The zero-order valence-electron chi connectivity index (χ0n) is 16.2. The van der Waals surface area contributed by atoms with Crippen LogP contribution in [0, 0.1) is 10.1 Å². The van der Waals surface area contributed by atoms with Crippen molar-refractivity contribution in [1.82, 2.24) is 9.97 Å². The number of nitrogens with zero attached hydrogens (tertiary/aromatic N) is 3. The predicted molar refractivity (Wildman–Crippen MR) is 107 cm³/mol. The Bertz CT molecular complexity index is 1060. The van der Waals surface area contributed by atoms with Crippen molar-refractivity contribution in [2.45, 2.75) is 6.92 Å². The second kappa shape index (κ2) is 9.32. The summed E-state index contributed by atoms with van der Waals surface area (Å²) in [4.78, 5) is 31.1. The van der Waals surface area contributed by atoms with E-state index in [2.05, 4.69) is 15.3 Å². The fourth-order valence-corrected chi connectivity index (χ4v) is 2.56. The van der Waals surface area contributed by atoms with Crippen molar-refractivity contribution in [1.29, 1.82) is 0 Å². The quantitative estimate of drug-likeness (QED) is 0.332. The van der Waals surface area contributed by atoms with Gasteiger partial charge in [0.15, 0.2) is 0 Å². The molecule has 0 bridgehead atoms. The Morgan fingerprint density at radius 3 is 2.47 bits per heavy atom. The summed E-state index contributed by atoms with van der Waals surface area (Å²) in [6, 6.07) is 12.9. The van der Waals surface area contributed by atoms with Crippen molar-refractivity contribution < 1.29 is 23.9 Å². The van der Waals surface area contributed by atoms with Crippen LogP contribution in [-0.2, 0) is 4.74 Å². The molecule has 154 valence electrons. The van der Waals surface area contributed by atoms with Crippen molar-refractivity contribution in [3.8, 4) is 17.4 Å². The third-order valence-electron chi connectivity index (χ3n) is 3.92. The Morgan fingerprint density at radius 2 is 1.80 bits per heavy atom. The maximum absolute atomic E-state index is 12.2. The number of nitrogens with one attached hydrogen (secondary N) is 1. The Kier molecular flexibility index (Phi) is 6.38. The van der Waals surface area contributed by atoms with Gasteiger partial charge in [-0.2, -0.15) is 4.98 Å². The van der Waals surface area contributed by atoms with E-state index < -0.39 is 16.6 Å². The van der Waals surface area contributed by atoms with E-state index in [1.54, 1.807) is 55.5 Å². The minimum Gasteiger partial charge on any atom is -0.497 e. The molecule has 0 aliphatic rings. The molecule has 10 nitrogen and oxygen atoms in total. The molecule has 0 aliphatic carbocycles. The third-order valence-corrected chi connectivity index (χ3v) is 3.92.